The first-order valence-electron chi connectivity index (χ1n) is 12.0. The van der Waals surface area contributed by atoms with Gasteiger partial charge in [-0.1, -0.05) is 30.3 Å². The van der Waals surface area contributed by atoms with Crippen LogP contribution < -0.4 is 5.32 Å². The van der Waals surface area contributed by atoms with Gasteiger partial charge in [-0.3, -0.25) is 4.79 Å². The number of nitrogens with zero attached hydrogens (tertiary/aromatic N) is 1. The summed E-state index contributed by atoms with van der Waals surface area (Å²) in [5.41, 5.74) is 0.611. The summed E-state index contributed by atoms with van der Waals surface area (Å²) in [6, 6.07) is 9.62. The first-order chi connectivity index (χ1) is 16.1. The SMILES string of the molecule is CC(=O)C1O[C@H]([C@@H]2COC(C)(C)O2)[C@@H](CN2CCC(C)(NC(=O)OCc3ccccc3)CC2)O1. The van der Waals surface area contributed by atoms with Crippen LogP contribution in [0.2, 0.25) is 0 Å². The lowest BCUT2D eigenvalue weighted by atomic mass is 9.89. The molecule has 1 unspecified atom stereocenters. The van der Waals surface area contributed by atoms with Crippen molar-refractivity contribution < 1.29 is 33.3 Å². The molecule has 9 heteroatoms. The second kappa shape index (κ2) is 10.3. The van der Waals surface area contributed by atoms with E-state index in [4.69, 9.17) is 23.7 Å². The van der Waals surface area contributed by atoms with Crippen LogP contribution in [-0.4, -0.2) is 78.9 Å². The third-order valence-corrected chi connectivity index (χ3v) is 6.69. The molecular formula is C25H36N2O7. The Morgan fingerprint density at radius 1 is 1.12 bits per heavy atom. The lowest BCUT2D eigenvalue weighted by Crippen LogP contribution is -2.55. The summed E-state index contributed by atoms with van der Waals surface area (Å²) < 4.78 is 29.0. The highest BCUT2D eigenvalue weighted by Crippen LogP contribution is 2.33. The summed E-state index contributed by atoms with van der Waals surface area (Å²) in [7, 11) is 0. The van der Waals surface area contributed by atoms with Gasteiger partial charge in [0.1, 0.15) is 24.9 Å². The number of carbonyl (C=O) groups excluding carboxylic acids is 2. The van der Waals surface area contributed by atoms with Gasteiger partial charge in [0, 0.05) is 25.2 Å². The van der Waals surface area contributed by atoms with Crippen molar-refractivity contribution in [1.29, 1.82) is 0 Å². The predicted molar refractivity (Wildman–Crippen MR) is 123 cm³/mol. The number of benzene rings is 1. The van der Waals surface area contributed by atoms with Crippen LogP contribution in [0.4, 0.5) is 4.79 Å². The molecular weight excluding hydrogens is 440 g/mol. The molecule has 0 radical (unpaired) electrons. The fourth-order valence-corrected chi connectivity index (χ4v) is 4.66. The van der Waals surface area contributed by atoms with Crippen molar-refractivity contribution in [2.24, 2.45) is 0 Å². The molecule has 1 N–H and O–H groups in total. The van der Waals surface area contributed by atoms with Gasteiger partial charge in [-0.05, 0) is 46.1 Å². The highest BCUT2D eigenvalue weighted by Gasteiger charge is 2.48. The second-order valence-corrected chi connectivity index (χ2v) is 10.1. The molecule has 1 aromatic rings. The van der Waals surface area contributed by atoms with Crippen molar-refractivity contribution in [1.82, 2.24) is 10.2 Å². The molecule has 1 amide bonds. The monoisotopic (exact) mass is 476 g/mol. The quantitative estimate of drug-likeness (QED) is 0.642. The minimum absolute atomic E-state index is 0.157. The predicted octanol–water partition coefficient (Wildman–Crippen LogP) is 2.62. The van der Waals surface area contributed by atoms with Gasteiger partial charge in [0.05, 0.1) is 6.61 Å². The lowest BCUT2D eigenvalue weighted by Gasteiger charge is -2.40. The van der Waals surface area contributed by atoms with Crippen LogP contribution in [0.1, 0.15) is 46.1 Å². The van der Waals surface area contributed by atoms with E-state index in [0.717, 1.165) is 31.5 Å². The summed E-state index contributed by atoms with van der Waals surface area (Å²) in [5.74, 6) is -0.837. The molecule has 34 heavy (non-hydrogen) atoms. The minimum atomic E-state index is -0.876. The van der Waals surface area contributed by atoms with E-state index in [0.29, 0.717) is 13.2 Å². The fourth-order valence-electron chi connectivity index (χ4n) is 4.66. The molecule has 188 valence electrons. The third kappa shape index (κ3) is 6.34. The van der Waals surface area contributed by atoms with E-state index >= 15 is 0 Å². The topological polar surface area (TPSA) is 95.6 Å². The van der Waals surface area contributed by atoms with E-state index < -0.39 is 18.2 Å². The number of hydrogen-bond donors (Lipinski definition) is 1. The Morgan fingerprint density at radius 2 is 1.82 bits per heavy atom. The van der Waals surface area contributed by atoms with Gasteiger partial charge in [-0.2, -0.15) is 0 Å². The molecule has 1 aromatic carbocycles. The summed E-state index contributed by atoms with van der Waals surface area (Å²) >= 11 is 0. The maximum absolute atomic E-state index is 12.4. The number of piperidine rings is 1. The van der Waals surface area contributed by atoms with Crippen LogP contribution in [-0.2, 0) is 35.1 Å². The Hall–Kier alpha value is -2.04. The molecule has 0 bridgehead atoms. The molecule has 3 aliphatic heterocycles. The van der Waals surface area contributed by atoms with Gasteiger partial charge in [0.25, 0.3) is 0 Å². The molecule has 0 aliphatic carbocycles. The van der Waals surface area contributed by atoms with Gasteiger partial charge < -0.3 is 33.9 Å². The number of nitrogens with one attached hydrogen (secondary N) is 1. The Bertz CT molecular complexity index is 854. The number of hydrogen-bond acceptors (Lipinski definition) is 8. The molecule has 3 aliphatic rings. The number of alkyl carbamates (subject to hydrolysis) is 1. The van der Waals surface area contributed by atoms with Crippen LogP contribution in [0.15, 0.2) is 30.3 Å². The van der Waals surface area contributed by atoms with Gasteiger partial charge in [0.15, 0.2) is 11.6 Å². The standard InChI is InChI=1S/C25H36N2O7/c1-17(28)22-32-19(21(33-22)20-16-31-24(2,3)34-20)14-27-12-10-25(4,11-13-27)26-23(29)30-15-18-8-6-5-7-9-18/h5-9,19-22H,10-16H2,1-4H3,(H,26,29)/t19-,20+,21+,22?/m1/s1. The van der Waals surface area contributed by atoms with Crippen LogP contribution in [0.3, 0.4) is 0 Å². The zero-order valence-corrected chi connectivity index (χ0v) is 20.5. The average Bonchev–Trinajstić information content (AvgIpc) is 3.37. The summed E-state index contributed by atoms with van der Waals surface area (Å²) in [4.78, 5) is 26.5. The number of carbonyl (C=O) groups is 2. The highest BCUT2D eigenvalue weighted by atomic mass is 16.8. The van der Waals surface area contributed by atoms with Crippen LogP contribution in [0.25, 0.3) is 0 Å². The zero-order chi connectivity index (χ0) is 24.3. The average molecular weight is 477 g/mol. The first kappa shape index (κ1) is 25.1. The first-order valence-corrected chi connectivity index (χ1v) is 12.0. The summed E-state index contributed by atoms with van der Waals surface area (Å²) in [6.45, 7) is 10.1. The van der Waals surface area contributed by atoms with Crippen molar-refractivity contribution >= 4 is 11.9 Å². The molecule has 4 atom stereocenters. The molecule has 3 heterocycles. The number of rotatable bonds is 7. The van der Waals surface area contributed by atoms with Crippen LogP contribution in [0, 0.1) is 0 Å². The Labute approximate surface area is 201 Å². The van der Waals surface area contributed by atoms with Crippen LogP contribution >= 0.6 is 0 Å². The normalized spacial score (nSPS) is 30.7. The van der Waals surface area contributed by atoms with Gasteiger partial charge >= 0.3 is 6.09 Å². The van der Waals surface area contributed by atoms with E-state index in [-0.39, 0.29) is 36.2 Å². The lowest BCUT2D eigenvalue weighted by molar-refractivity contribution is -0.161. The molecule has 9 nitrogen and oxygen atoms in total. The second-order valence-electron chi connectivity index (χ2n) is 10.1. The maximum Gasteiger partial charge on any atom is 0.407 e. The Balaban J connectivity index is 1.27. The van der Waals surface area contributed by atoms with Gasteiger partial charge in [-0.25, -0.2) is 4.79 Å². The smallest absolute Gasteiger partial charge is 0.407 e. The Morgan fingerprint density at radius 3 is 2.44 bits per heavy atom. The number of ether oxygens (including phenoxy) is 5. The van der Waals surface area contributed by atoms with E-state index in [1.54, 1.807) is 0 Å². The zero-order valence-electron chi connectivity index (χ0n) is 20.5. The van der Waals surface area contributed by atoms with Crippen molar-refractivity contribution in [3.8, 4) is 0 Å². The molecule has 0 aromatic heterocycles. The molecule has 0 saturated carbocycles. The maximum atomic E-state index is 12.4. The Kier molecular flexibility index (Phi) is 7.59. The highest BCUT2D eigenvalue weighted by molar-refractivity contribution is 5.79. The van der Waals surface area contributed by atoms with E-state index in [9.17, 15) is 9.59 Å². The molecule has 0 spiro atoms. The van der Waals surface area contributed by atoms with Gasteiger partial charge in [0.2, 0.25) is 6.29 Å². The largest absolute Gasteiger partial charge is 0.445 e. The van der Waals surface area contributed by atoms with Crippen molar-refractivity contribution in [2.75, 3.05) is 26.2 Å². The fraction of sp³-hybridized carbons (Fsp3) is 0.680. The number of amides is 1. The van der Waals surface area contributed by atoms with E-state index in [1.807, 2.05) is 51.1 Å². The van der Waals surface area contributed by atoms with Crippen LogP contribution in [0.5, 0.6) is 0 Å². The van der Waals surface area contributed by atoms with Gasteiger partial charge in [-0.15, -0.1) is 0 Å². The third-order valence-electron chi connectivity index (χ3n) is 6.69. The number of Topliss-reactive ketones (excluding diaryl/α,β-unsaturated/α-hetero) is 1. The minimum Gasteiger partial charge on any atom is -0.445 e. The molecule has 4 rings (SSSR count). The van der Waals surface area contributed by atoms with E-state index in [1.165, 1.54) is 6.92 Å². The number of ketones is 1. The van der Waals surface area contributed by atoms with Crippen molar-refractivity contribution in [3.05, 3.63) is 35.9 Å². The van der Waals surface area contributed by atoms with E-state index in [2.05, 4.69) is 10.2 Å². The number of likely N-dealkylation sites (tertiary alicyclic amines) is 1. The molecule has 3 fully saturated rings. The molecule has 3 saturated heterocycles. The summed E-state index contributed by atoms with van der Waals surface area (Å²) in [6.07, 6.45) is -0.702. The van der Waals surface area contributed by atoms with Crippen molar-refractivity contribution in [3.63, 3.8) is 0 Å². The summed E-state index contributed by atoms with van der Waals surface area (Å²) in [5, 5.41) is 3.04. The van der Waals surface area contributed by atoms with Crippen molar-refractivity contribution in [2.45, 2.75) is 83.1 Å².